The van der Waals surface area contributed by atoms with Gasteiger partial charge in [0.2, 0.25) is 0 Å². The van der Waals surface area contributed by atoms with Crippen LogP contribution >= 0.6 is 0 Å². The summed E-state index contributed by atoms with van der Waals surface area (Å²) in [6, 6.07) is 2.83. The molecule has 1 aromatic rings. The Morgan fingerprint density at radius 2 is 2.15 bits per heavy atom. The summed E-state index contributed by atoms with van der Waals surface area (Å²) in [6.07, 6.45) is -0.0973. The lowest BCUT2D eigenvalue weighted by Gasteiger charge is -2.15. The lowest BCUT2D eigenvalue weighted by atomic mass is 10.2. The Labute approximate surface area is 119 Å². The number of anilines is 2. The zero-order chi connectivity index (χ0) is 15.1. The highest BCUT2D eigenvalue weighted by molar-refractivity contribution is 5.68. The van der Waals surface area contributed by atoms with Crippen molar-refractivity contribution in [3.05, 3.63) is 30.1 Å². The standard InChI is InChI=1S/C15H23FN2O2/c1-10(2)9-19-6-5-18-14-8-15(20-11(3)4)12(16)7-13(14)17/h7-8,11,18H,1,5-6,9,17H2,2-4H3. The van der Waals surface area contributed by atoms with Crippen LogP contribution in [-0.2, 0) is 4.74 Å². The topological polar surface area (TPSA) is 56.5 Å². The van der Waals surface area contributed by atoms with E-state index in [-0.39, 0.29) is 11.9 Å². The summed E-state index contributed by atoms with van der Waals surface area (Å²) in [5.41, 5.74) is 7.73. The number of halogens is 1. The summed E-state index contributed by atoms with van der Waals surface area (Å²) in [5.74, 6) is -0.264. The highest BCUT2D eigenvalue weighted by Crippen LogP contribution is 2.28. The monoisotopic (exact) mass is 282 g/mol. The third-order valence-electron chi connectivity index (χ3n) is 2.38. The van der Waals surface area contributed by atoms with E-state index in [9.17, 15) is 4.39 Å². The molecule has 1 aromatic carbocycles. The van der Waals surface area contributed by atoms with Gasteiger partial charge in [0.25, 0.3) is 0 Å². The molecule has 4 nitrogen and oxygen atoms in total. The summed E-state index contributed by atoms with van der Waals surface area (Å²) < 4.78 is 24.4. The molecule has 0 heterocycles. The Hall–Kier alpha value is -1.75. The van der Waals surface area contributed by atoms with Crippen molar-refractivity contribution in [1.29, 1.82) is 0 Å². The summed E-state index contributed by atoms with van der Waals surface area (Å²) in [7, 11) is 0. The van der Waals surface area contributed by atoms with E-state index in [1.54, 1.807) is 6.07 Å². The molecule has 3 N–H and O–H groups in total. The lowest BCUT2D eigenvalue weighted by molar-refractivity contribution is 0.167. The highest BCUT2D eigenvalue weighted by Gasteiger charge is 2.10. The zero-order valence-electron chi connectivity index (χ0n) is 12.3. The van der Waals surface area contributed by atoms with E-state index < -0.39 is 5.82 Å². The van der Waals surface area contributed by atoms with E-state index >= 15 is 0 Å². The number of nitrogen functional groups attached to an aromatic ring is 1. The van der Waals surface area contributed by atoms with Crippen LogP contribution in [0.15, 0.2) is 24.3 Å². The quantitative estimate of drug-likeness (QED) is 0.437. The largest absolute Gasteiger partial charge is 0.488 e. The molecule has 0 saturated carbocycles. The minimum absolute atomic E-state index is 0.0973. The first kappa shape index (κ1) is 16.3. The molecule has 112 valence electrons. The van der Waals surface area contributed by atoms with Crippen LogP contribution in [0.3, 0.4) is 0 Å². The molecule has 0 aliphatic carbocycles. The molecule has 5 heteroatoms. The first-order chi connectivity index (χ1) is 9.40. The van der Waals surface area contributed by atoms with Crippen LogP contribution in [0.2, 0.25) is 0 Å². The molecule has 0 fully saturated rings. The molecular formula is C15H23FN2O2. The summed E-state index contributed by atoms with van der Waals surface area (Å²) in [6.45, 7) is 11.0. The smallest absolute Gasteiger partial charge is 0.167 e. The average molecular weight is 282 g/mol. The first-order valence-corrected chi connectivity index (χ1v) is 6.61. The van der Waals surface area contributed by atoms with Gasteiger partial charge >= 0.3 is 0 Å². The Morgan fingerprint density at radius 1 is 1.45 bits per heavy atom. The SMILES string of the molecule is C=C(C)COCCNc1cc(OC(C)C)c(F)cc1N. The van der Waals surface area contributed by atoms with Gasteiger partial charge in [-0.1, -0.05) is 12.2 Å². The summed E-state index contributed by atoms with van der Waals surface area (Å²) >= 11 is 0. The minimum atomic E-state index is -0.458. The molecule has 20 heavy (non-hydrogen) atoms. The third-order valence-corrected chi connectivity index (χ3v) is 2.38. The number of nitrogens with one attached hydrogen (secondary N) is 1. The van der Waals surface area contributed by atoms with E-state index in [2.05, 4.69) is 11.9 Å². The molecule has 0 radical (unpaired) electrons. The minimum Gasteiger partial charge on any atom is -0.488 e. The Balaban J connectivity index is 2.58. The van der Waals surface area contributed by atoms with Crippen molar-refractivity contribution in [2.24, 2.45) is 0 Å². The fourth-order valence-corrected chi connectivity index (χ4v) is 1.57. The van der Waals surface area contributed by atoms with Crippen LogP contribution in [0.4, 0.5) is 15.8 Å². The number of benzene rings is 1. The molecule has 0 aliphatic rings. The Bertz CT molecular complexity index is 461. The second-order valence-electron chi connectivity index (χ2n) is 4.97. The zero-order valence-corrected chi connectivity index (χ0v) is 12.3. The van der Waals surface area contributed by atoms with Gasteiger partial charge in [0.1, 0.15) is 0 Å². The van der Waals surface area contributed by atoms with Crippen molar-refractivity contribution < 1.29 is 13.9 Å². The van der Waals surface area contributed by atoms with Crippen molar-refractivity contribution in [3.8, 4) is 5.75 Å². The number of ether oxygens (including phenoxy) is 2. The van der Waals surface area contributed by atoms with Crippen LogP contribution in [0.5, 0.6) is 5.75 Å². The van der Waals surface area contributed by atoms with E-state index in [4.69, 9.17) is 15.2 Å². The van der Waals surface area contributed by atoms with Gasteiger partial charge in [-0.2, -0.15) is 0 Å². The van der Waals surface area contributed by atoms with Crippen molar-refractivity contribution in [1.82, 2.24) is 0 Å². The maximum absolute atomic E-state index is 13.7. The molecule has 0 atom stereocenters. The maximum Gasteiger partial charge on any atom is 0.167 e. The van der Waals surface area contributed by atoms with Crippen molar-refractivity contribution in [3.63, 3.8) is 0 Å². The highest BCUT2D eigenvalue weighted by atomic mass is 19.1. The van der Waals surface area contributed by atoms with E-state index in [1.807, 2.05) is 20.8 Å². The van der Waals surface area contributed by atoms with Gasteiger partial charge in [-0.05, 0) is 20.8 Å². The van der Waals surface area contributed by atoms with E-state index in [0.29, 0.717) is 31.1 Å². The summed E-state index contributed by atoms with van der Waals surface area (Å²) in [4.78, 5) is 0. The molecule has 1 rings (SSSR count). The second kappa shape index (κ2) is 7.75. The van der Waals surface area contributed by atoms with Crippen LogP contribution in [-0.4, -0.2) is 25.9 Å². The van der Waals surface area contributed by atoms with Gasteiger partial charge in [0, 0.05) is 18.7 Å². The van der Waals surface area contributed by atoms with Crippen LogP contribution in [0.1, 0.15) is 20.8 Å². The number of hydrogen-bond donors (Lipinski definition) is 2. The molecule has 0 aliphatic heterocycles. The normalized spacial score (nSPS) is 10.7. The fraction of sp³-hybridized carbons (Fsp3) is 0.467. The molecule has 0 bridgehead atoms. The van der Waals surface area contributed by atoms with Crippen molar-refractivity contribution >= 4 is 11.4 Å². The average Bonchev–Trinajstić information content (AvgIpc) is 2.33. The Morgan fingerprint density at radius 3 is 2.75 bits per heavy atom. The van der Waals surface area contributed by atoms with Gasteiger partial charge in [0.05, 0.1) is 30.7 Å². The fourth-order valence-electron chi connectivity index (χ4n) is 1.57. The van der Waals surface area contributed by atoms with Gasteiger partial charge in [-0.15, -0.1) is 0 Å². The van der Waals surface area contributed by atoms with Crippen molar-refractivity contribution in [2.75, 3.05) is 30.8 Å². The van der Waals surface area contributed by atoms with E-state index in [0.717, 1.165) is 5.57 Å². The molecular weight excluding hydrogens is 259 g/mol. The molecule has 0 saturated heterocycles. The summed E-state index contributed by atoms with van der Waals surface area (Å²) in [5, 5.41) is 3.10. The predicted octanol–water partition coefficient (Wildman–Crippen LogP) is 3.20. The second-order valence-corrected chi connectivity index (χ2v) is 4.97. The number of nitrogens with two attached hydrogens (primary N) is 1. The van der Waals surface area contributed by atoms with Gasteiger partial charge in [-0.25, -0.2) is 4.39 Å². The molecule has 0 aromatic heterocycles. The number of rotatable bonds is 8. The van der Waals surface area contributed by atoms with Crippen LogP contribution in [0.25, 0.3) is 0 Å². The lowest BCUT2D eigenvalue weighted by Crippen LogP contribution is -2.13. The van der Waals surface area contributed by atoms with E-state index in [1.165, 1.54) is 6.07 Å². The molecule has 0 spiro atoms. The van der Waals surface area contributed by atoms with Gasteiger partial charge < -0.3 is 20.5 Å². The third kappa shape index (κ3) is 5.48. The van der Waals surface area contributed by atoms with Gasteiger partial charge in [-0.3, -0.25) is 0 Å². The Kier molecular flexibility index (Phi) is 6.31. The maximum atomic E-state index is 13.7. The molecule has 0 amide bonds. The first-order valence-electron chi connectivity index (χ1n) is 6.61. The van der Waals surface area contributed by atoms with Crippen LogP contribution in [0, 0.1) is 5.82 Å². The van der Waals surface area contributed by atoms with Crippen molar-refractivity contribution in [2.45, 2.75) is 26.9 Å². The van der Waals surface area contributed by atoms with Crippen LogP contribution < -0.4 is 15.8 Å². The predicted molar refractivity (Wildman–Crippen MR) is 80.7 cm³/mol. The molecule has 0 unspecified atom stereocenters. The van der Waals surface area contributed by atoms with Gasteiger partial charge in [0.15, 0.2) is 11.6 Å². The number of hydrogen-bond acceptors (Lipinski definition) is 4.